The number of hydrogen-bond acceptors (Lipinski definition) is 3. The van der Waals surface area contributed by atoms with Gasteiger partial charge in [0, 0.05) is 5.69 Å². The molecule has 1 aromatic carbocycles. The summed E-state index contributed by atoms with van der Waals surface area (Å²) in [5.74, 6) is 0.166. The highest BCUT2D eigenvalue weighted by atomic mass is 35.5. The third-order valence-corrected chi connectivity index (χ3v) is 3.03. The summed E-state index contributed by atoms with van der Waals surface area (Å²) in [6.07, 6.45) is 0. The minimum Gasteiger partial charge on any atom is -0.318 e. The molecule has 0 radical (unpaired) electrons. The number of carbonyl (C=O) groups is 1. The van der Waals surface area contributed by atoms with Gasteiger partial charge in [-0.2, -0.15) is 0 Å². The maximum absolute atomic E-state index is 12.1. The van der Waals surface area contributed by atoms with E-state index in [2.05, 4.69) is 15.3 Å². The molecule has 6 heteroatoms. The number of hydrogen-bond donors (Lipinski definition) is 1. The first-order valence-corrected chi connectivity index (χ1v) is 6.30. The Hall–Kier alpha value is -1.65. The second-order valence-electron chi connectivity index (χ2n) is 3.99. The lowest BCUT2D eigenvalue weighted by Crippen LogP contribution is -2.15. The lowest BCUT2D eigenvalue weighted by atomic mass is 10.2. The van der Waals surface area contributed by atoms with Gasteiger partial charge in [-0.3, -0.25) is 4.79 Å². The van der Waals surface area contributed by atoms with E-state index < -0.39 is 0 Å². The van der Waals surface area contributed by atoms with Crippen LogP contribution in [-0.4, -0.2) is 15.9 Å². The summed E-state index contributed by atoms with van der Waals surface area (Å²) in [7, 11) is 0. The number of benzene rings is 1. The van der Waals surface area contributed by atoms with Crippen LogP contribution in [0.15, 0.2) is 24.3 Å². The van der Waals surface area contributed by atoms with Gasteiger partial charge < -0.3 is 5.32 Å². The van der Waals surface area contributed by atoms with Crippen molar-refractivity contribution in [2.24, 2.45) is 0 Å². The molecule has 19 heavy (non-hydrogen) atoms. The molecule has 0 aliphatic rings. The van der Waals surface area contributed by atoms with Crippen molar-refractivity contribution in [2.75, 3.05) is 5.32 Å². The first kappa shape index (κ1) is 13.8. The van der Waals surface area contributed by atoms with Crippen LogP contribution in [0.5, 0.6) is 0 Å². The van der Waals surface area contributed by atoms with Crippen LogP contribution in [0.4, 0.5) is 5.69 Å². The van der Waals surface area contributed by atoms with E-state index in [1.165, 1.54) is 0 Å². The number of nitrogens with one attached hydrogen (secondary N) is 1. The molecule has 1 amide bonds. The first-order chi connectivity index (χ1) is 8.97. The van der Waals surface area contributed by atoms with Crippen molar-refractivity contribution in [3.63, 3.8) is 0 Å². The van der Waals surface area contributed by atoms with E-state index in [1.807, 2.05) is 0 Å². The van der Waals surface area contributed by atoms with Crippen molar-refractivity contribution in [3.8, 4) is 0 Å². The smallest absolute Gasteiger partial charge is 0.274 e. The Balaban J connectivity index is 2.31. The highest BCUT2D eigenvalue weighted by Crippen LogP contribution is 2.30. The summed E-state index contributed by atoms with van der Waals surface area (Å²) in [5, 5.41) is 3.41. The van der Waals surface area contributed by atoms with E-state index in [1.54, 1.807) is 38.1 Å². The minimum atomic E-state index is -0.372. The van der Waals surface area contributed by atoms with Crippen LogP contribution in [0.25, 0.3) is 0 Å². The maximum Gasteiger partial charge on any atom is 0.274 e. The Labute approximate surface area is 120 Å². The molecule has 0 atom stereocenters. The molecule has 2 rings (SSSR count). The van der Waals surface area contributed by atoms with Gasteiger partial charge in [0.25, 0.3) is 5.91 Å². The molecule has 0 unspecified atom stereocenters. The number of para-hydroxylation sites is 1. The van der Waals surface area contributed by atoms with Gasteiger partial charge in [-0.1, -0.05) is 29.3 Å². The van der Waals surface area contributed by atoms with Crippen LogP contribution in [0.3, 0.4) is 0 Å². The van der Waals surface area contributed by atoms with E-state index in [-0.39, 0.29) is 11.6 Å². The van der Waals surface area contributed by atoms with Gasteiger partial charge in [-0.15, -0.1) is 0 Å². The zero-order valence-corrected chi connectivity index (χ0v) is 11.9. The molecule has 1 heterocycles. The molecule has 0 bridgehead atoms. The lowest BCUT2D eigenvalue weighted by Gasteiger charge is -2.09. The molecule has 0 saturated carbocycles. The van der Waals surface area contributed by atoms with E-state index >= 15 is 0 Å². The van der Waals surface area contributed by atoms with Crippen LogP contribution in [0.2, 0.25) is 10.0 Å². The number of aromatic nitrogens is 2. The van der Waals surface area contributed by atoms with Crippen LogP contribution >= 0.6 is 23.2 Å². The Morgan fingerprint density at radius 3 is 2.37 bits per heavy atom. The predicted molar refractivity (Wildman–Crippen MR) is 75.9 cm³/mol. The topological polar surface area (TPSA) is 54.9 Å². The van der Waals surface area contributed by atoms with Gasteiger partial charge in [0.15, 0.2) is 0 Å². The standard InChI is InChI=1S/C13H11Cl2N3O/c1-7-6-11(17-8(2)16-7)13(19)18-12-9(14)4-3-5-10(12)15/h3-6H,1-2H3,(H,18,19). The van der Waals surface area contributed by atoms with Crippen molar-refractivity contribution in [1.29, 1.82) is 0 Å². The number of anilines is 1. The first-order valence-electron chi connectivity index (χ1n) is 5.55. The number of carbonyl (C=O) groups excluding carboxylic acids is 1. The molecular weight excluding hydrogens is 285 g/mol. The Kier molecular flexibility index (Phi) is 4.02. The predicted octanol–water partition coefficient (Wildman–Crippen LogP) is 3.65. The summed E-state index contributed by atoms with van der Waals surface area (Å²) in [6.45, 7) is 3.53. The van der Waals surface area contributed by atoms with Gasteiger partial charge in [0.1, 0.15) is 11.5 Å². The van der Waals surface area contributed by atoms with Gasteiger partial charge >= 0.3 is 0 Å². The monoisotopic (exact) mass is 295 g/mol. The normalized spacial score (nSPS) is 10.3. The zero-order valence-electron chi connectivity index (χ0n) is 10.4. The van der Waals surface area contributed by atoms with E-state index in [0.29, 0.717) is 21.6 Å². The summed E-state index contributed by atoms with van der Waals surface area (Å²) in [4.78, 5) is 20.3. The summed E-state index contributed by atoms with van der Waals surface area (Å²) in [6, 6.07) is 6.62. The zero-order chi connectivity index (χ0) is 14.0. The fraction of sp³-hybridized carbons (Fsp3) is 0.154. The van der Waals surface area contributed by atoms with Crippen LogP contribution < -0.4 is 5.32 Å². The number of aryl methyl sites for hydroxylation is 2. The minimum absolute atomic E-state index is 0.279. The summed E-state index contributed by atoms with van der Waals surface area (Å²) >= 11 is 12.0. The second-order valence-corrected chi connectivity index (χ2v) is 4.81. The number of nitrogens with zero attached hydrogens (tertiary/aromatic N) is 2. The molecular formula is C13H11Cl2N3O. The third-order valence-electron chi connectivity index (χ3n) is 2.40. The van der Waals surface area contributed by atoms with Crippen molar-refractivity contribution in [1.82, 2.24) is 9.97 Å². The van der Waals surface area contributed by atoms with Crippen molar-refractivity contribution < 1.29 is 4.79 Å². The average molecular weight is 296 g/mol. The van der Waals surface area contributed by atoms with Gasteiger partial charge in [0.05, 0.1) is 15.7 Å². The Bertz CT molecular complexity index is 603. The van der Waals surface area contributed by atoms with Gasteiger partial charge in [-0.25, -0.2) is 9.97 Å². The van der Waals surface area contributed by atoms with E-state index in [4.69, 9.17) is 23.2 Å². The molecule has 0 aliphatic heterocycles. The maximum atomic E-state index is 12.1. The summed E-state index contributed by atoms with van der Waals surface area (Å²) < 4.78 is 0. The fourth-order valence-electron chi connectivity index (χ4n) is 1.63. The average Bonchev–Trinajstić information content (AvgIpc) is 2.32. The quantitative estimate of drug-likeness (QED) is 0.920. The second kappa shape index (κ2) is 5.55. The molecule has 98 valence electrons. The van der Waals surface area contributed by atoms with Crippen LogP contribution in [0, 0.1) is 13.8 Å². The molecule has 1 aromatic heterocycles. The van der Waals surface area contributed by atoms with E-state index in [9.17, 15) is 4.79 Å². The van der Waals surface area contributed by atoms with E-state index in [0.717, 1.165) is 5.69 Å². The largest absolute Gasteiger partial charge is 0.318 e. The van der Waals surface area contributed by atoms with Crippen LogP contribution in [0.1, 0.15) is 22.0 Å². The van der Waals surface area contributed by atoms with Crippen molar-refractivity contribution in [3.05, 3.63) is 51.5 Å². The Morgan fingerprint density at radius 1 is 1.16 bits per heavy atom. The van der Waals surface area contributed by atoms with Gasteiger partial charge in [-0.05, 0) is 32.0 Å². The number of halogens is 2. The van der Waals surface area contributed by atoms with Crippen molar-refractivity contribution >= 4 is 34.8 Å². The van der Waals surface area contributed by atoms with Crippen LogP contribution in [-0.2, 0) is 0 Å². The lowest BCUT2D eigenvalue weighted by molar-refractivity contribution is 0.102. The fourth-order valence-corrected chi connectivity index (χ4v) is 2.12. The SMILES string of the molecule is Cc1cc(C(=O)Nc2c(Cl)cccc2Cl)nc(C)n1. The van der Waals surface area contributed by atoms with Gasteiger partial charge in [0.2, 0.25) is 0 Å². The highest BCUT2D eigenvalue weighted by Gasteiger charge is 2.13. The third kappa shape index (κ3) is 3.22. The molecule has 0 spiro atoms. The molecule has 0 fully saturated rings. The highest BCUT2D eigenvalue weighted by molar-refractivity contribution is 6.39. The van der Waals surface area contributed by atoms with Crippen molar-refractivity contribution in [2.45, 2.75) is 13.8 Å². The molecule has 1 N–H and O–H groups in total. The Morgan fingerprint density at radius 2 is 1.79 bits per heavy atom. The molecule has 4 nitrogen and oxygen atoms in total. The number of amides is 1. The molecule has 2 aromatic rings. The summed E-state index contributed by atoms with van der Waals surface area (Å²) in [5.41, 5.74) is 1.38. The molecule has 0 saturated heterocycles. The number of rotatable bonds is 2. The molecule has 0 aliphatic carbocycles.